The van der Waals surface area contributed by atoms with Crippen LogP contribution in [0, 0.1) is 6.92 Å². The third kappa shape index (κ3) is 3.57. The van der Waals surface area contributed by atoms with Crippen molar-refractivity contribution in [2.45, 2.75) is 13.3 Å². The summed E-state index contributed by atoms with van der Waals surface area (Å²) in [5.74, 6) is -0.914. The van der Waals surface area contributed by atoms with Crippen molar-refractivity contribution in [1.29, 1.82) is 0 Å². The fourth-order valence-corrected chi connectivity index (χ4v) is 1.88. The number of carboxylic acids is 1. The lowest BCUT2D eigenvalue weighted by atomic mass is 10.2. The smallest absolute Gasteiger partial charge is 0.329 e. The van der Waals surface area contributed by atoms with Crippen molar-refractivity contribution in [3.8, 4) is 0 Å². The fourth-order valence-electron chi connectivity index (χ4n) is 0.985. The molecule has 0 spiro atoms. The van der Waals surface area contributed by atoms with Crippen molar-refractivity contribution < 1.29 is 14.6 Å². The van der Waals surface area contributed by atoms with Crippen LogP contribution in [0.4, 0.5) is 0 Å². The Bertz CT molecular complexity index is 280. The van der Waals surface area contributed by atoms with Crippen LogP contribution < -0.4 is 0 Å². The summed E-state index contributed by atoms with van der Waals surface area (Å²) in [5, 5.41) is 10.3. The first kappa shape index (κ1) is 10.2. The molecule has 0 aromatic carbocycles. The lowest BCUT2D eigenvalue weighted by Gasteiger charge is -2.00. The maximum Gasteiger partial charge on any atom is 0.329 e. The zero-order chi connectivity index (χ0) is 9.68. The number of rotatable bonds is 5. The van der Waals surface area contributed by atoms with Crippen molar-refractivity contribution in [2.24, 2.45) is 0 Å². The van der Waals surface area contributed by atoms with Crippen molar-refractivity contribution >= 4 is 17.3 Å². The average Bonchev–Trinajstić information content (AvgIpc) is 2.45. The van der Waals surface area contributed by atoms with Crippen LogP contribution in [0.5, 0.6) is 0 Å². The van der Waals surface area contributed by atoms with Gasteiger partial charge in [-0.1, -0.05) is 0 Å². The summed E-state index contributed by atoms with van der Waals surface area (Å²) in [6, 6.07) is 2.05. The van der Waals surface area contributed by atoms with E-state index in [9.17, 15) is 4.79 Å². The predicted octanol–water partition coefficient (Wildman–Crippen LogP) is 1.70. The number of carboxylic acid groups (broad SMARTS) is 1. The molecule has 0 aliphatic rings. The topological polar surface area (TPSA) is 46.5 Å². The van der Waals surface area contributed by atoms with E-state index in [1.54, 1.807) is 11.3 Å². The highest BCUT2D eigenvalue weighted by atomic mass is 32.1. The van der Waals surface area contributed by atoms with Crippen LogP contribution >= 0.6 is 11.3 Å². The third-order valence-electron chi connectivity index (χ3n) is 1.67. The molecule has 0 aliphatic carbocycles. The van der Waals surface area contributed by atoms with Crippen molar-refractivity contribution in [2.75, 3.05) is 13.2 Å². The molecule has 0 fully saturated rings. The molecule has 72 valence electrons. The molecule has 1 aromatic rings. The van der Waals surface area contributed by atoms with E-state index in [0.717, 1.165) is 6.42 Å². The summed E-state index contributed by atoms with van der Waals surface area (Å²) in [4.78, 5) is 11.4. The standard InChI is InChI=1S/C9H12O3S/c1-7-3-5-13-8(7)2-4-12-6-9(10)11/h3,5H,2,4,6H2,1H3,(H,10,11). The zero-order valence-electron chi connectivity index (χ0n) is 7.45. The Kier molecular flexibility index (Phi) is 3.92. The van der Waals surface area contributed by atoms with Crippen LogP contribution in [0.15, 0.2) is 11.4 Å². The lowest BCUT2D eigenvalue weighted by Crippen LogP contribution is -2.08. The molecular formula is C9H12O3S. The van der Waals surface area contributed by atoms with E-state index in [0.29, 0.717) is 6.61 Å². The van der Waals surface area contributed by atoms with Crippen molar-refractivity contribution in [1.82, 2.24) is 0 Å². The SMILES string of the molecule is Cc1ccsc1CCOCC(=O)O. The summed E-state index contributed by atoms with van der Waals surface area (Å²) in [6.45, 7) is 2.32. The van der Waals surface area contributed by atoms with E-state index in [4.69, 9.17) is 9.84 Å². The molecule has 4 heteroatoms. The number of aryl methyl sites for hydroxylation is 1. The molecule has 0 aliphatic heterocycles. The minimum atomic E-state index is -0.914. The van der Waals surface area contributed by atoms with Gasteiger partial charge in [0.05, 0.1) is 6.61 Å². The van der Waals surface area contributed by atoms with E-state index >= 15 is 0 Å². The molecule has 1 N–H and O–H groups in total. The first-order chi connectivity index (χ1) is 6.20. The Hall–Kier alpha value is -0.870. The minimum Gasteiger partial charge on any atom is -0.480 e. The first-order valence-electron chi connectivity index (χ1n) is 4.02. The zero-order valence-corrected chi connectivity index (χ0v) is 8.26. The molecule has 3 nitrogen and oxygen atoms in total. The molecular weight excluding hydrogens is 188 g/mol. The summed E-state index contributed by atoms with van der Waals surface area (Å²) < 4.78 is 4.93. The monoisotopic (exact) mass is 200 g/mol. The van der Waals surface area contributed by atoms with Crippen LogP contribution in [0.25, 0.3) is 0 Å². The van der Waals surface area contributed by atoms with Gasteiger partial charge in [-0.15, -0.1) is 11.3 Å². The molecule has 0 amide bonds. The minimum absolute atomic E-state index is 0.204. The number of ether oxygens (including phenoxy) is 1. The van der Waals surface area contributed by atoms with Gasteiger partial charge in [-0.2, -0.15) is 0 Å². The van der Waals surface area contributed by atoms with E-state index < -0.39 is 5.97 Å². The molecule has 1 rings (SSSR count). The van der Waals surface area contributed by atoms with Gasteiger partial charge in [-0.05, 0) is 23.9 Å². The van der Waals surface area contributed by atoms with Crippen LogP contribution in [-0.2, 0) is 16.0 Å². The van der Waals surface area contributed by atoms with Gasteiger partial charge < -0.3 is 9.84 Å². The largest absolute Gasteiger partial charge is 0.480 e. The maximum atomic E-state index is 10.1. The summed E-state index contributed by atoms with van der Waals surface area (Å²) >= 11 is 1.68. The van der Waals surface area contributed by atoms with E-state index in [-0.39, 0.29) is 6.61 Å². The Morgan fingerprint density at radius 2 is 2.46 bits per heavy atom. The maximum absolute atomic E-state index is 10.1. The van der Waals surface area contributed by atoms with Gasteiger partial charge >= 0.3 is 5.97 Å². The normalized spacial score (nSPS) is 10.2. The van der Waals surface area contributed by atoms with Gasteiger partial charge in [0.15, 0.2) is 0 Å². The van der Waals surface area contributed by atoms with Gasteiger partial charge in [0.25, 0.3) is 0 Å². The number of aliphatic carboxylic acids is 1. The first-order valence-corrected chi connectivity index (χ1v) is 4.90. The second kappa shape index (κ2) is 4.99. The van der Waals surface area contributed by atoms with E-state index in [2.05, 4.69) is 6.07 Å². The highest BCUT2D eigenvalue weighted by Crippen LogP contribution is 2.15. The molecule has 0 atom stereocenters. The molecule has 13 heavy (non-hydrogen) atoms. The highest BCUT2D eigenvalue weighted by Gasteiger charge is 2.00. The summed E-state index contributed by atoms with van der Waals surface area (Å²) in [6.07, 6.45) is 0.802. The second-order valence-corrected chi connectivity index (χ2v) is 3.72. The van der Waals surface area contributed by atoms with Gasteiger partial charge in [0.1, 0.15) is 6.61 Å². The molecule has 0 bridgehead atoms. The molecule has 0 radical (unpaired) electrons. The quantitative estimate of drug-likeness (QED) is 0.736. The summed E-state index contributed by atoms with van der Waals surface area (Å²) in [7, 11) is 0. The van der Waals surface area contributed by atoms with Crippen LogP contribution in [0.2, 0.25) is 0 Å². The molecule has 0 saturated carbocycles. The number of hydrogen-bond acceptors (Lipinski definition) is 3. The number of carbonyl (C=O) groups is 1. The highest BCUT2D eigenvalue weighted by molar-refractivity contribution is 7.10. The van der Waals surface area contributed by atoms with Crippen LogP contribution in [-0.4, -0.2) is 24.3 Å². The number of thiophene rings is 1. The van der Waals surface area contributed by atoms with Gasteiger partial charge in [-0.25, -0.2) is 4.79 Å². The molecule has 0 unspecified atom stereocenters. The summed E-state index contributed by atoms with van der Waals surface area (Å²) in [5.41, 5.74) is 1.25. The van der Waals surface area contributed by atoms with E-state index in [1.807, 2.05) is 12.3 Å². The number of hydrogen-bond donors (Lipinski definition) is 1. The van der Waals surface area contributed by atoms with Gasteiger partial charge in [-0.3, -0.25) is 0 Å². The second-order valence-electron chi connectivity index (χ2n) is 2.72. The molecule has 0 saturated heterocycles. The molecule has 1 aromatic heterocycles. The Balaban J connectivity index is 2.20. The Morgan fingerprint density at radius 3 is 3.00 bits per heavy atom. The van der Waals surface area contributed by atoms with Crippen LogP contribution in [0.3, 0.4) is 0 Å². The Morgan fingerprint density at radius 1 is 1.69 bits per heavy atom. The average molecular weight is 200 g/mol. The van der Waals surface area contributed by atoms with Gasteiger partial charge in [0.2, 0.25) is 0 Å². The molecule has 1 heterocycles. The third-order valence-corrected chi connectivity index (χ3v) is 2.75. The van der Waals surface area contributed by atoms with E-state index in [1.165, 1.54) is 10.4 Å². The fraction of sp³-hybridized carbons (Fsp3) is 0.444. The van der Waals surface area contributed by atoms with Crippen LogP contribution in [0.1, 0.15) is 10.4 Å². The van der Waals surface area contributed by atoms with Crippen molar-refractivity contribution in [3.63, 3.8) is 0 Å². The lowest BCUT2D eigenvalue weighted by molar-refractivity contribution is -0.142. The predicted molar refractivity (Wildman–Crippen MR) is 51.2 cm³/mol. The Labute approximate surface area is 81.0 Å². The van der Waals surface area contributed by atoms with Crippen molar-refractivity contribution in [3.05, 3.63) is 21.9 Å². The van der Waals surface area contributed by atoms with Gasteiger partial charge in [0, 0.05) is 11.3 Å².